The van der Waals surface area contributed by atoms with Gasteiger partial charge in [-0.25, -0.2) is 9.59 Å². The number of hydrogen-bond donors (Lipinski definition) is 3. The average Bonchev–Trinajstić information content (AvgIpc) is 3.21. The molecular weight excluding hydrogens is 459 g/mol. The van der Waals surface area contributed by atoms with Crippen LogP contribution in [0.4, 0.5) is 10.5 Å². The monoisotopic (exact) mass is 486 g/mol. The molecule has 0 aromatic heterocycles. The second-order valence-corrected chi connectivity index (χ2v) is 9.17. The van der Waals surface area contributed by atoms with Crippen LogP contribution in [0.25, 0.3) is 11.1 Å². The molecule has 1 amide bonds. The summed E-state index contributed by atoms with van der Waals surface area (Å²) in [6.07, 6.45) is -0.376. The van der Waals surface area contributed by atoms with Gasteiger partial charge in [0.1, 0.15) is 6.61 Å². The number of carboxylic acids is 1. The molecule has 0 unspecified atom stereocenters. The third-order valence-electron chi connectivity index (χ3n) is 7.16. The van der Waals surface area contributed by atoms with Gasteiger partial charge in [-0.15, -0.1) is 0 Å². The summed E-state index contributed by atoms with van der Waals surface area (Å²) in [4.78, 5) is 28.1. The first kappa shape index (κ1) is 23.9. The maximum Gasteiger partial charge on any atom is 0.488 e. The SMILES string of the molecule is Cc1c(B(O)O)cc(C(=O)O)cc1N1CCN(C(=O)OCC2c3ccccc3-c3ccccc32)CC1. The van der Waals surface area contributed by atoms with E-state index in [1.54, 1.807) is 11.8 Å². The number of carbonyl (C=O) groups is 2. The summed E-state index contributed by atoms with van der Waals surface area (Å²) < 4.78 is 5.77. The van der Waals surface area contributed by atoms with E-state index in [9.17, 15) is 24.7 Å². The lowest BCUT2D eigenvalue weighted by molar-refractivity contribution is 0.0697. The van der Waals surface area contributed by atoms with Crippen LogP contribution >= 0.6 is 0 Å². The third kappa shape index (κ3) is 4.32. The minimum absolute atomic E-state index is 0.00706. The van der Waals surface area contributed by atoms with Crippen molar-refractivity contribution in [3.63, 3.8) is 0 Å². The maximum atomic E-state index is 12.9. The lowest BCUT2D eigenvalue weighted by Gasteiger charge is -2.36. The Morgan fingerprint density at radius 2 is 1.53 bits per heavy atom. The smallest absolute Gasteiger partial charge is 0.478 e. The number of carbonyl (C=O) groups excluding carboxylic acids is 1. The van der Waals surface area contributed by atoms with Crippen molar-refractivity contribution in [3.05, 3.63) is 82.9 Å². The Balaban J connectivity index is 1.25. The Hall–Kier alpha value is -3.82. The molecule has 3 aromatic carbocycles. The van der Waals surface area contributed by atoms with Crippen LogP contribution in [0.15, 0.2) is 60.7 Å². The van der Waals surface area contributed by atoms with Gasteiger partial charge in [-0.3, -0.25) is 0 Å². The number of rotatable bonds is 5. The van der Waals surface area contributed by atoms with Crippen LogP contribution in [0.3, 0.4) is 0 Å². The molecule has 0 radical (unpaired) electrons. The fraction of sp³-hybridized carbons (Fsp3) is 0.259. The molecule has 8 nitrogen and oxygen atoms in total. The zero-order chi connectivity index (χ0) is 25.4. The fourth-order valence-electron chi connectivity index (χ4n) is 5.26. The van der Waals surface area contributed by atoms with Gasteiger partial charge in [0.05, 0.1) is 5.56 Å². The number of amides is 1. The maximum absolute atomic E-state index is 12.9. The number of fused-ring (bicyclic) bond motifs is 3. The Labute approximate surface area is 209 Å². The van der Waals surface area contributed by atoms with Crippen LogP contribution in [0.1, 0.15) is 33.0 Å². The van der Waals surface area contributed by atoms with Gasteiger partial charge >= 0.3 is 19.2 Å². The van der Waals surface area contributed by atoms with E-state index in [2.05, 4.69) is 24.3 Å². The van der Waals surface area contributed by atoms with Crippen LogP contribution in [0, 0.1) is 6.92 Å². The van der Waals surface area contributed by atoms with E-state index in [0.717, 1.165) is 11.1 Å². The standard InChI is InChI=1S/C27H27BN2O6/c1-17-24(28(34)35)14-18(26(31)32)15-25(17)29-10-12-30(13-11-29)27(33)36-16-23-21-8-4-2-6-19(21)20-7-3-5-9-22(20)23/h2-9,14-15,23,34-35H,10-13,16H2,1H3,(H,31,32). The first-order valence-electron chi connectivity index (χ1n) is 11.9. The highest BCUT2D eigenvalue weighted by molar-refractivity contribution is 6.59. The Morgan fingerprint density at radius 1 is 0.944 bits per heavy atom. The van der Waals surface area contributed by atoms with Gasteiger partial charge in [0.15, 0.2) is 0 Å². The van der Waals surface area contributed by atoms with Crippen molar-refractivity contribution in [2.75, 3.05) is 37.7 Å². The van der Waals surface area contributed by atoms with Crippen molar-refractivity contribution < 1.29 is 29.5 Å². The Bertz CT molecular complexity index is 1270. The highest BCUT2D eigenvalue weighted by atomic mass is 16.6. The molecule has 0 atom stereocenters. The largest absolute Gasteiger partial charge is 0.488 e. The van der Waals surface area contributed by atoms with Gasteiger partial charge in [-0.1, -0.05) is 48.5 Å². The van der Waals surface area contributed by atoms with Crippen molar-refractivity contribution in [2.45, 2.75) is 12.8 Å². The van der Waals surface area contributed by atoms with E-state index in [4.69, 9.17) is 4.74 Å². The minimum Gasteiger partial charge on any atom is -0.478 e. The number of ether oxygens (including phenoxy) is 1. The van der Waals surface area contributed by atoms with Crippen LogP contribution in [-0.2, 0) is 4.74 Å². The molecule has 36 heavy (non-hydrogen) atoms. The Morgan fingerprint density at radius 3 is 2.08 bits per heavy atom. The van der Waals surface area contributed by atoms with Crippen molar-refractivity contribution >= 4 is 30.3 Å². The summed E-state index contributed by atoms with van der Waals surface area (Å²) in [6.45, 7) is 3.73. The first-order valence-corrected chi connectivity index (χ1v) is 11.9. The van der Waals surface area contributed by atoms with Gasteiger partial charge in [0.25, 0.3) is 0 Å². The number of benzene rings is 3. The summed E-state index contributed by atoms with van der Waals surface area (Å²) in [7, 11) is -1.77. The van der Waals surface area contributed by atoms with Gasteiger partial charge < -0.3 is 29.7 Å². The third-order valence-corrected chi connectivity index (χ3v) is 7.16. The number of carboxylic acid groups (broad SMARTS) is 1. The highest BCUT2D eigenvalue weighted by Gasteiger charge is 2.31. The first-order chi connectivity index (χ1) is 17.3. The normalized spacial score (nSPS) is 14.9. The number of hydrogen-bond acceptors (Lipinski definition) is 6. The predicted molar refractivity (Wildman–Crippen MR) is 137 cm³/mol. The van der Waals surface area contributed by atoms with Crippen molar-refractivity contribution in [3.8, 4) is 11.1 Å². The van der Waals surface area contributed by atoms with E-state index in [1.165, 1.54) is 23.3 Å². The van der Waals surface area contributed by atoms with E-state index < -0.39 is 13.1 Å². The molecule has 1 fully saturated rings. The van der Waals surface area contributed by atoms with Crippen molar-refractivity contribution in [1.29, 1.82) is 0 Å². The Kier molecular flexibility index (Phi) is 6.43. The molecule has 2 aliphatic rings. The van der Waals surface area contributed by atoms with Crippen molar-refractivity contribution in [1.82, 2.24) is 4.90 Å². The number of piperazine rings is 1. The van der Waals surface area contributed by atoms with Gasteiger partial charge in [-0.2, -0.15) is 0 Å². The lowest BCUT2D eigenvalue weighted by Crippen LogP contribution is -2.49. The zero-order valence-corrected chi connectivity index (χ0v) is 19.9. The molecule has 1 aliphatic heterocycles. The molecule has 3 N–H and O–H groups in total. The average molecular weight is 486 g/mol. The molecular formula is C27H27BN2O6. The molecule has 0 saturated carbocycles. The van der Waals surface area contributed by atoms with Crippen LogP contribution in [-0.4, -0.2) is 72.0 Å². The van der Waals surface area contributed by atoms with E-state index in [0.29, 0.717) is 37.4 Å². The molecule has 3 aromatic rings. The number of aromatic carboxylic acids is 1. The lowest BCUT2D eigenvalue weighted by atomic mass is 9.76. The molecule has 184 valence electrons. The number of anilines is 1. The van der Waals surface area contributed by atoms with Crippen LogP contribution in [0.5, 0.6) is 0 Å². The van der Waals surface area contributed by atoms with Gasteiger partial charge in [0.2, 0.25) is 0 Å². The topological polar surface area (TPSA) is 111 Å². The molecule has 1 aliphatic carbocycles. The summed E-state index contributed by atoms with van der Waals surface area (Å²) in [6, 6.07) is 19.2. The molecule has 1 heterocycles. The minimum atomic E-state index is -1.77. The molecule has 0 spiro atoms. The van der Waals surface area contributed by atoms with E-state index >= 15 is 0 Å². The van der Waals surface area contributed by atoms with E-state index in [1.807, 2.05) is 29.2 Å². The zero-order valence-electron chi connectivity index (χ0n) is 19.9. The summed E-state index contributed by atoms with van der Waals surface area (Å²) in [5.74, 6) is -1.15. The number of nitrogens with zero attached hydrogens (tertiary/aromatic N) is 2. The quantitative estimate of drug-likeness (QED) is 0.476. The van der Waals surface area contributed by atoms with Crippen LogP contribution < -0.4 is 10.4 Å². The van der Waals surface area contributed by atoms with Gasteiger partial charge in [-0.05, 0) is 52.3 Å². The van der Waals surface area contributed by atoms with Crippen molar-refractivity contribution in [2.24, 2.45) is 0 Å². The fourth-order valence-corrected chi connectivity index (χ4v) is 5.26. The summed E-state index contributed by atoms with van der Waals surface area (Å²) in [5, 5.41) is 28.8. The predicted octanol–water partition coefficient (Wildman–Crippen LogP) is 2.44. The van der Waals surface area contributed by atoms with E-state index in [-0.39, 0.29) is 29.6 Å². The molecule has 0 bridgehead atoms. The van der Waals surface area contributed by atoms with Crippen LogP contribution in [0.2, 0.25) is 0 Å². The highest BCUT2D eigenvalue weighted by Crippen LogP contribution is 2.44. The molecule has 5 rings (SSSR count). The summed E-state index contributed by atoms with van der Waals surface area (Å²) >= 11 is 0. The second kappa shape index (κ2) is 9.68. The molecule has 9 heteroatoms. The molecule has 1 saturated heterocycles. The summed E-state index contributed by atoms with van der Waals surface area (Å²) in [5.41, 5.74) is 6.03. The van der Waals surface area contributed by atoms with Gasteiger partial charge in [0, 0.05) is 37.8 Å². The second-order valence-electron chi connectivity index (χ2n) is 9.17.